The van der Waals surface area contributed by atoms with Gasteiger partial charge in [-0.3, -0.25) is 4.79 Å². The number of nitrogens with two attached hydrogens (primary N) is 1. The molecule has 1 unspecified atom stereocenters. The van der Waals surface area contributed by atoms with Crippen molar-refractivity contribution < 1.29 is 27.5 Å². The first-order valence-corrected chi connectivity index (χ1v) is 8.55. The van der Waals surface area contributed by atoms with E-state index in [1.54, 1.807) is 36.6 Å². The number of fused-ring (bicyclic) bond motifs is 1. The molecule has 0 spiro atoms. The van der Waals surface area contributed by atoms with Gasteiger partial charge in [0.15, 0.2) is 0 Å². The zero-order valence-electron chi connectivity index (χ0n) is 15.3. The van der Waals surface area contributed by atoms with Crippen LogP contribution in [0.3, 0.4) is 0 Å². The summed E-state index contributed by atoms with van der Waals surface area (Å²) in [6, 6.07) is 5.75. The lowest BCUT2D eigenvalue weighted by Crippen LogP contribution is -2.35. The summed E-state index contributed by atoms with van der Waals surface area (Å²) in [4.78, 5) is 36.5. The maximum atomic E-state index is 12.9. The summed E-state index contributed by atoms with van der Waals surface area (Å²) >= 11 is 0. The first-order chi connectivity index (χ1) is 13.1. The summed E-state index contributed by atoms with van der Waals surface area (Å²) in [5.41, 5.74) is 4.67. The number of nitrogens with zero attached hydrogens (tertiary/aromatic N) is 1. The first-order valence-electron chi connectivity index (χ1n) is 8.55. The minimum atomic E-state index is -5.36. The van der Waals surface area contributed by atoms with Gasteiger partial charge in [-0.15, -0.1) is 0 Å². The van der Waals surface area contributed by atoms with E-state index >= 15 is 0 Å². The number of alkyl halides is 3. The third kappa shape index (κ3) is 4.23. The fourth-order valence-electron chi connectivity index (χ4n) is 2.99. The summed E-state index contributed by atoms with van der Waals surface area (Å²) in [5, 5.41) is 3.12. The number of aromatic nitrogens is 1. The Morgan fingerprint density at radius 1 is 1.29 bits per heavy atom. The van der Waals surface area contributed by atoms with Gasteiger partial charge in [-0.25, -0.2) is 9.59 Å². The SMILES string of the molecule is CCn1c(C(C)NCCN)c(C(=O)OC(=O)C(F)(F)F)c(=O)c2ccccc21. The Kier molecular flexibility index (Phi) is 6.57. The highest BCUT2D eigenvalue weighted by atomic mass is 19.4. The van der Waals surface area contributed by atoms with Crippen molar-refractivity contribution in [2.75, 3.05) is 13.1 Å². The largest absolute Gasteiger partial charge is 0.491 e. The number of carbonyl (C=O) groups excluding carboxylic acids is 2. The summed E-state index contributed by atoms with van der Waals surface area (Å²) in [6.07, 6.45) is -5.36. The Morgan fingerprint density at radius 3 is 2.50 bits per heavy atom. The average molecular weight is 399 g/mol. The van der Waals surface area contributed by atoms with Gasteiger partial charge in [-0.1, -0.05) is 12.1 Å². The van der Waals surface area contributed by atoms with Crippen molar-refractivity contribution in [3.63, 3.8) is 0 Å². The van der Waals surface area contributed by atoms with E-state index in [0.717, 1.165) is 0 Å². The molecule has 0 saturated heterocycles. The number of rotatable bonds is 6. The molecule has 0 saturated carbocycles. The molecule has 1 aromatic carbocycles. The molecule has 0 radical (unpaired) electrons. The fourth-order valence-corrected chi connectivity index (χ4v) is 2.99. The van der Waals surface area contributed by atoms with Crippen LogP contribution in [0.15, 0.2) is 29.1 Å². The van der Waals surface area contributed by atoms with Crippen LogP contribution in [0.4, 0.5) is 13.2 Å². The zero-order valence-corrected chi connectivity index (χ0v) is 15.3. The smallest absolute Gasteiger partial charge is 0.382 e. The first kappa shape index (κ1) is 21.6. The molecule has 0 fully saturated rings. The van der Waals surface area contributed by atoms with Gasteiger partial charge < -0.3 is 20.4 Å². The molecular formula is C18H20F3N3O4. The lowest BCUT2D eigenvalue weighted by atomic mass is 10.0. The Labute approximate surface area is 158 Å². The number of hydrogen-bond acceptors (Lipinski definition) is 6. The number of para-hydroxylation sites is 1. The summed E-state index contributed by atoms with van der Waals surface area (Å²) in [6.45, 7) is 4.31. The highest BCUT2D eigenvalue weighted by Gasteiger charge is 2.43. The quantitative estimate of drug-likeness (QED) is 0.568. The van der Waals surface area contributed by atoms with Crippen LogP contribution in [0.2, 0.25) is 0 Å². The second-order valence-corrected chi connectivity index (χ2v) is 5.99. The fraction of sp³-hybridized carbons (Fsp3) is 0.389. The predicted octanol–water partition coefficient (Wildman–Crippen LogP) is 1.88. The monoisotopic (exact) mass is 399 g/mol. The predicted molar refractivity (Wildman–Crippen MR) is 95.8 cm³/mol. The third-order valence-corrected chi connectivity index (χ3v) is 4.16. The minimum Gasteiger partial charge on any atom is -0.382 e. The van der Waals surface area contributed by atoms with Crippen molar-refractivity contribution in [1.82, 2.24) is 9.88 Å². The molecule has 28 heavy (non-hydrogen) atoms. The van der Waals surface area contributed by atoms with Crippen molar-refractivity contribution in [2.24, 2.45) is 5.73 Å². The number of nitrogens with one attached hydrogen (secondary N) is 1. The molecule has 3 N–H and O–H groups in total. The van der Waals surface area contributed by atoms with Gasteiger partial charge in [0.05, 0.1) is 11.2 Å². The molecule has 7 nitrogen and oxygen atoms in total. The van der Waals surface area contributed by atoms with Gasteiger partial charge in [-0.05, 0) is 26.0 Å². The van der Waals surface area contributed by atoms with E-state index in [4.69, 9.17) is 5.73 Å². The lowest BCUT2D eigenvalue weighted by Gasteiger charge is -2.24. The molecule has 0 aliphatic rings. The Bertz CT molecular complexity index is 953. The van der Waals surface area contributed by atoms with Crippen LogP contribution in [-0.4, -0.2) is 35.8 Å². The molecule has 0 bridgehead atoms. The van der Waals surface area contributed by atoms with Crippen LogP contribution >= 0.6 is 0 Å². The van der Waals surface area contributed by atoms with E-state index in [0.29, 0.717) is 18.6 Å². The van der Waals surface area contributed by atoms with Crippen LogP contribution in [0, 0.1) is 0 Å². The summed E-state index contributed by atoms with van der Waals surface area (Å²) in [7, 11) is 0. The molecule has 0 aliphatic carbocycles. The number of pyridine rings is 1. The number of halogens is 3. The number of aryl methyl sites for hydroxylation is 1. The molecule has 0 amide bonds. The van der Waals surface area contributed by atoms with Gasteiger partial charge >= 0.3 is 18.1 Å². The van der Waals surface area contributed by atoms with Gasteiger partial charge in [0.25, 0.3) is 0 Å². The van der Waals surface area contributed by atoms with Crippen molar-refractivity contribution in [3.8, 4) is 0 Å². The lowest BCUT2D eigenvalue weighted by molar-refractivity contribution is -0.193. The summed E-state index contributed by atoms with van der Waals surface area (Å²) < 4.78 is 43.1. The number of carbonyl (C=O) groups is 2. The minimum absolute atomic E-state index is 0.125. The third-order valence-electron chi connectivity index (χ3n) is 4.16. The summed E-state index contributed by atoms with van der Waals surface area (Å²) in [5.74, 6) is -4.32. The van der Waals surface area contributed by atoms with E-state index < -0.39 is 35.1 Å². The standard InChI is InChI=1S/C18H20F3N3O4/c1-3-24-12-7-5-4-6-11(12)15(25)13(14(24)10(2)23-9-8-22)16(26)28-17(27)18(19,20)21/h4-7,10,23H,3,8-9,22H2,1-2H3. The second kappa shape index (κ2) is 8.53. The molecule has 0 aliphatic heterocycles. The van der Waals surface area contributed by atoms with Gasteiger partial charge in [0, 0.05) is 31.1 Å². The molecule has 1 heterocycles. The van der Waals surface area contributed by atoms with Crippen molar-refractivity contribution in [3.05, 3.63) is 45.7 Å². The van der Waals surface area contributed by atoms with E-state index in [-0.39, 0.29) is 17.6 Å². The van der Waals surface area contributed by atoms with Crippen LogP contribution in [0.1, 0.15) is 35.9 Å². The van der Waals surface area contributed by atoms with Gasteiger partial charge in [-0.2, -0.15) is 13.2 Å². The second-order valence-electron chi connectivity index (χ2n) is 5.99. The number of benzene rings is 1. The van der Waals surface area contributed by atoms with Crippen molar-refractivity contribution >= 4 is 22.8 Å². The van der Waals surface area contributed by atoms with Crippen molar-refractivity contribution in [1.29, 1.82) is 0 Å². The van der Waals surface area contributed by atoms with Crippen LogP contribution < -0.4 is 16.5 Å². The van der Waals surface area contributed by atoms with Crippen LogP contribution in [0.25, 0.3) is 10.9 Å². The van der Waals surface area contributed by atoms with Crippen LogP contribution in [0.5, 0.6) is 0 Å². The maximum absolute atomic E-state index is 12.9. The average Bonchev–Trinajstić information content (AvgIpc) is 2.65. The molecule has 10 heteroatoms. The van der Waals surface area contributed by atoms with E-state index in [2.05, 4.69) is 10.1 Å². The Balaban J connectivity index is 2.74. The molecule has 1 aromatic heterocycles. The molecule has 2 aromatic rings. The van der Waals surface area contributed by atoms with E-state index in [1.807, 2.05) is 0 Å². The Morgan fingerprint density at radius 2 is 1.93 bits per heavy atom. The number of esters is 2. The Hall–Kier alpha value is -2.72. The number of hydrogen-bond donors (Lipinski definition) is 2. The normalized spacial score (nSPS) is 12.8. The zero-order chi connectivity index (χ0) is 21.1. The van der Waals surface area contributed by atoms with Gasteiger partial charge in [0.1, 0.15) is 5.56 Å². The molecule has 1 atom stereocenters. The molecule has 152 valence electrons. The molecule has 2 rings (SSSR count). The van der Waals surface area contributed by atoms with E-state index in [1.165, 1.54) is 6.07 Å². The highest BCUT2D eigenvalue weighted by molar-refractivity contribution is 6.01. The maximum Gasteiger partial charge on any atom is 0.491 e. The van der Waals surface area contributed by atoms with Crippen molar-refractivity contribution in [2.45, 2.75) is 32.6 Å². The van der Waals surface area contributed by atoms with Gasteiger partial charge in [0.2, 0.25) is 5.43 Å². The topological polar surface area (TPSA) is 103 Å². The number of ether oxygens (including phenoxy) is 1. The van der Waals surface area contributed by atoms with E-state index in [9.17, 15) is 27.6 Å². The van der Waals surface area contributed by atoms with Crippen LogP contribution in [-0.2, 0) is 16.1 Å². The molecular weight excluding hydrogens is 379 g/mol. The highest BCUT2D eigenvalue weighted by Crippen LogP contribution is 2.24.